The van der Waals surface area contributed by atoms with E-state index in [0.29, 0.717) is 18.4 Å². The predicted molar refractivity (Wildman–Crippen MR) is 81.4 cm³/mol. The van der Waals surface area contributed by atoms with Crippen molar-refractivity contribution in [3.8, 4) is 0 Å². The molecule has 2 bridgehead atoms. The first-order chi connectivity index (χ1) is 10.1. The van der Waals surface area contributed by atoms with Crippen LogP contribution in [0, 0.1) is 17.8 Å². The predicted octanol–water partition coefficient (Wildman–Crippen LogP) is 2.47. The molecule has 0 spiro atoms. The molecule has 0 unspecified atom stereocenters. The van der Waals surface area contributed by atoms with E-state index in [1.54, 1.807) is 0 Å². The first-order valence-electron chi connectivity index (χ1n) is 7.44. The number of hydrogen-bond donors (Lipinski definition) is 2. The second kappa shape index (κ2) is 5.72. The summed E-state index contributed by atoms with van der Waals surface area (Å²) >= 11 is 0. The molecule has 1 aromatic rings. The lowest BCUT2D eigenvalue weighted by molar-refractivity contribution is -0.125. The number of fused-ring (bicyclic) bond motifs is 2. The third-order valence-electron chi connectivity index (χ3n) is 4.36. The quantitative estimate of drug-likeness (QED) is 0.834. The number of nitrogens with one attached hydrogen (secondary N) is 2. The molecule has 21 heavy (non-hydrogen) atoms. The van der Waals surface area contributed by atoms with E-state index in [-0.39, 0.29) is 17.7 Å². The van der Waals surface area contributed by atoms with Crippen LogP contribution >= 0.6 is 0 Å². The SMILES string of the molecule is CC(=O)Nc1ccc(CNC(=O)[C@H]2C[C@H]3C=C[C@H]2C3)cc1. The third kappa shape index (κ3) is 3.15. The summed E-state index contributed by atoms with van der Waals surface area (Å²) in [5, 5.41) is 5.75. The van der Waals surface area contributed by atoms with E-state index in [9.17, 15) is 9.59 Å². The van der Waals surface area contributed by atoms with Crippen LogP contribution in [0.1, 0.15) is 25.3 Å². The van der Waals surface area contributed by atoms with Gasteiger partial charge < -0.3 is 10.6 Å². The summed E-state index contributed by atoms with van der Waals surface area (Å²) in [4.78, 5) is 23.2. The number of carbonyl (C=O) groups excluding carboxylic acids is 2. The van der Waals surface area contributed by atoms with E-state index in [4.69, 9.17) is 0 Å². The second-order valence-corrected chi connectivity index (χ2v) is 5.98. The van der Waals surface area contributed by atoms with Crippen LogP contribution in [0.5, 0.6) is 0 Å². The van der Waals surface area contributed by atoms with E-state index in [1.807, 2.05) is 24.3 Å². The standard InChI is InChI=1S/C17H20N2O2/c1-11(20)19-15-6-3-12(4-7-15)10-18-17(21)16-9-13-2-5-14(16)8-13/h2-7,13-14,16H,8-10H2,1H3,(H,18,21)(H,19,20)/t13-,14-,16-/m0/s1. The Kier molecular flexibility index (Phi) is 3.78. The summed E-state index contributed by atoms with van der Waals surface area (Å²) in [6.45, 7) is 2.02. The number of rotatable bonds is 4. The molecule has 3 rings (SSSR count). The first-order valence-corrected chi connectivity index (χ1v) is 7.44. The summed E-state index contributed by atoms with van der Waals surface area (Å²) in [5.74, 6) is 1.29. The summed E-state index contributed by atoms with van der Waals surface area (Å²) in [6, 6.07) is 7.55. The Hall–Kier alpha value is -2.10. The smallest absolute Gasteiger partial charge is 0.223 e. The Labute approximate surface area is 124 Å². The Bertz CT molecular complexity index is 577. The average molecular weight is 284 g/mol. The van der Waals surface area contributed by atoms with Crippen LogP contribution in [-0.2, 0) is 16.1 Å². The minimum atomic E-state index is -0.0830. The molecule has 1 aromatic carbocycles. The first kappa shape index (κ1) is 13.9. The molecule has 0 radical (unpaired) electrons. The molecule has 2 amide bonds. The van der Waals surface area contributed by atoms with Gasteiger partial charge in [-0.2, -0.15) is 0 Å². The molecule has 110 valence electrons. The number of amides is 2. The van der Waals surface area contributed by atoms with Gasteiger partial charge in [0.25, 0.3) is 0 Å². The van der Waals surface area contributed by atoms with Crippen LogP contribution in [0.25, 0.3) is 0 Å². The lowest BCUT2D eigenvalue weighted by Crippen LogP contribution is -2.32. The van der Waals surface area contributed by atoms with Crippen LogP contribution in [0.4, 0.5) is 5.69 Å². The van der Waals surface area contributed by atoms with E-state index in [2.05, 4.69) is 22.8 Å². The van der Waals surface area contributed by atoms with Gasteiger partial charge in [0.1, 0.15) is 0 Å². The van der Waals surface area contributed by atoms with E-state index < -0.39 is 0 Å². The van der Waals surface area contributed by atoms with Crippen molar-refractivity contribution >= 4 is 17.5 Å². The molecule has 0 saturated heterocycles. The minimum Gasteiger partial charge on any atom is -0.352 e. The summed E-state index contributed by atoms with van der Waals surface area (Å²) in [6.07, 6.45) is 6.58. The normalized spacial score (nSPS) is 25.9. The van der Waals surface area contributed by atoms with Crippen molar-refractivity contribution in [3.63, 3.8) is 0 Å². The number of benzene rings is 1. The van der Waals surface area contributed by atoms with E-state index in [1.165, 1.54) is 6.92 Å². The van der Waals surface area contributed by atoms with Crippen molar-refractivity contribution in [2.75, 3.05) is 5.32 Å². The molecular weight excluding hydrogens is 264 g/mol. The van der Waals surface area contributed by atoms with E-state index >= 15 is 0 Å². The molecule has 4 heteroatoms. The van der Waals surface area contributed by atoms with Crippen LogP contribution in [0.3, 0.4) is 0 Å². The largest absolute Gasteiger partial charge is 0.352 e. The molecule has 0 heterocycles. The zero-order valence-corrected chi connectivity index (χ0v) is 12.1. The fraction of sp³-hybridized carbons (Fsp3) is 0.412. The Morgan fingerprint density at radius 3 is 2.48 bits per heavy atom. The maximum absolute atomic E-state index is 12.2. The molecule has 4 nitrogen and oxygen atoms in total. The number of anilines is 1. The van der Waals surface area contributed by atoms with Gasteiger partial charge in [-0.05, 0) is 42.4 Å². The fourth-order valence-electron chi connectivity index (χ4n) is 3.31. The molecule has 3 atom stereocenters. The van der Waals surface area contributed by atoms with Crippen molar-refractivity contribution in [1.82, 2.24) is 5.32 Å². The highest BCUT2D eigenvalue weighted by Gasteiger charge is 2.39. The maximum Gasteiger partial charge on any atom is 0.223 e. The van der Waals surface area contributed by atoms with E-state index in [0.717, 1.165) is 24.1 Å². The van der Waals surface area contributed by atoms with Gasteiger partial charge in [0.15, 0.2) is 0 Å². The average Bonchev–Trinajstić information content (AvgIpc) is 3.08. The van der Waals surface area contributed by atoms with Gasteiger partial charge in [0, 0.05) is 25.1 Å². The Balaban J connectivity index is 1.52. The lowest BCUT2D eigenvalue weighted by Gasteiger charge is -2.17. The molecule has 2 N–H and O–H groups in total. The van der Waals surface area contributed by atoms with Crippen LogP contribution in [-0.4, -0.2) is 11.8 Å². The lowest BCUT2D eigenvalue weighted by atomic mass is 9.93. The molecular formula is C17H20N2O2. The second-order valence-electron chi connectivity index (χ2n) is 5.98. The van der Waals surface area contributed by atoms with Crippen molar-refractivity contribution in [1.29, 1.82) is 0 Å². The zero-order valence-electron chi connectivity index (χ0n) is 12.1. The van der Waals surface area contributed by atoms with Gasteiger partial charge >= 0.3 is 0 Å². The van der Waals surface area contributed by atoms with Gasteiger partial charge in [-0.1, -0.05) is 24.3 Å². The number of carbonyl (C=O) groups is 2. The molecule has 1 fully saturated rings. The number of allylic oxidation sites excluding steroid dienone is 2. The molecule has 2 aliphatic carbocycles. The maximum atomic E-state index is 12.2. The van der Waals surface area contributed by atoms with Gasteiger partial charge in [-0.15, -0.1) is 0 Å². The van der Waals surface area contributed by atoms with Crippen molar-refractivity contribution in [2.45, 2.75) is 26.3 Å². The van der Waals surface area contributed by atoms with Crippen molar-refractivity contribution in [3.05, 3.63) is 42.0 Å². The molecule has 0 aliphatic heterocycles. The molecule has 2 aliphatic rings. The highest BCUT2D eigenvalue weighted by atomic mass is 16.2. The summed E-state index contributed by atoms with van der Waals surface area (Å²) in [5.41, 5.74) is 1.81. The number of hydrogen-bond acceptors (Lipinski definition) is 2. The monoisotopic (exact) mass is 284 g/mol. The van der Waals surface area contributed by atoms with Gasteiger partial charge in [-0.25, -0.2) is 0 Å². The Morgan fingerprint density at radius 2 is 1.90 bits per heavy atom. The zero-order chi connectivity index (χ0) is 14.8. The topological polar surface area (TPSA) is 58.2 Å². The highest BCUT2D eigenvalue weighted by Crippen LogP contribution is 2.43. The van der Waals surface area contributed by atoms with Crippen LogP contribution < -0.4 is 10.6 Å². The molecule has 1 saturated carbocycles. The third-order valence-corrected chi connectivity index (χ3v) is 4.36. The van der Waals surface area contributed by atoms with Crippen molar-refractivity contribution < 1.29 is 9.59 Å². The van der Waals surface area contributed by atoms with Crippen LogP contribution in [0.2, 0.25) is 0 Å². The van der Waals surface area contributed by atoms with Gasteiger partial charge in [-0.3, -0.25) is 9.59 Å². The highest BCUT2D eigenvalue weighted by molar-refractivity contribution is 5.88. The molecule has 0 aromatic heterocycles. The van der Waals surface area contributed by atoms with Gasteiger partial charge in [0.05, 0.1) is 0 Å². The fourth-order valence-corrected chi connectivity index (χ4v) is 3.31. The summed E-state index contributed by atoms with van der Waals surface area (Å²) in [7, 11) is 0. The summed E-state index contributed by atoms with van der Waals surface area (Å²) < 4.78 is 0. The van der Waals surface area contributed by atoms with Crippen LogP contribution in [0.15, 0.2) is 36.4 Å². The minimum absolute atomic E-state index is 0.0830. The Morgan fingerprint density at radius 1 is 1.14 bits per heavy atom. The van der Waals surface area contributed by atoms with Gasteiger partial charge in [0.2, 0.25) is 11.8 Å². The van der Waals surface area contributed by atoms with Crippen molar-refractivity contribution in [2.24, 2.45) is 17.8 Å².